The van der Waals surface area contributed by atoms with E-state index in [1.807, 2.05) is 13.3 Å². The fourth-order valence-corrected chi connectivity index (χ4v) is 3.45. The van der Waals surface area contributed by atoms with Gasteiger partial charge >= 0.3 is 0 Å². The Balaban J connectivity index is 1.86. The summed E-state index contributed by atoms with van der Waals surface area (Å²) in [6.45, 7) is 6.50. The summed E-state index contributed by atoms with van der Waals surface area (Å²) in [6.07, 6.45) is 3.13. The first kappa shape index (κ1) is 13.0. The molecule has 17 heavy (non-hydrogen) atoms. The lowest BCUT2D eigenvalue weighted by Crippen LogP contribution is -2.36. The van der Waals surface area contributed by atoms with Gasteiger partial charge in [0.25, 0.3) is 0 Å². The molecule has 1 atom stereocenters. The number of thioether (sulfide) groups is 1. The van der Waals surface area contributed by atoms with Crippen molar-refractivity contribution in [1.29, 1.82) is 0 Å². The van der Waals surface area contributed by atoms with Crippen LogP contribution in [0.2, 0.25) is 0 Å². The molecule has 2 rings (SSSR count). The summed E-state index contributed by atoms with van der Waals surface area (Å²) in [5.41, 5.74) is 1.24. The molecule has 0 bridgehead atoms. The quantitative estimate of drug-likeness (QED) is 0.873. The summed E-state index contributed by atoms with van der Waals surface area (Å²) < 4.78 is 5.60. The Bertz CT molecular complexity index is 340. The van der Waals surface area contributed by atoms with E-state index in [-0.39, 0.29) is 0 Å². The molecule has 1 saturated heterocycles. The lowest BCUT2D eigenvalue weighted by Gasteiger charge is -2.31. The van der Waals surface area contributed by atoms with Gasteiger partial charge in [0.05, 0.1) is 12.8 Å². The summed E-state index contributed by atoms with van der Waals surface area (Å²) in [4.78, 5) is 2.51. The zero-order valence-corrected chi connectivity index (χ0v) is 11.6. The molecular formula is C13H22N2OS. The molecule has 96 valence electrons. The molecule has 1 aliphatic heterocycles. The van der Waals surface area contributed by atoms with E-state index in [4.69, 9.17) is 4.42 Å². The van der Waals surface area contributed by atoms with E-state index in [0.717, 1.165) is 24.1 Å². The lowest BCUT2D eigenvalue weighted by atomic mass is 10.2. The van der Waals surface area contributed by atoms with Crippen LogP contribution in [-0.2, 0) is 13.1 Å². The van der Waals surface area contributed by atoms with Gasteiger partial charge in [0.1, 0.15) is 5.76 Å². The normalized spacial score (nSPS) is 21.9. The minimum atomic E-state index is 0.801. The van der Waals surface area contributed by atoms with Crippen LogP contribution in [0, 0.1) is 0 Å². The molecule has 1 fully saturated rings. The average Bonchev–Trinajstić information content (AvgIpc) is 2.77. The van der Waals surface area contributed by atoms with Crippen molar-refractivity contribution in [3.05, 3.63) is 23.7 Å². The SMILES string of the molecule is CCC1CN(Cc2cc(CNC)co2)CCS1. The molecule has 1 aromatic rings. The van der Waals surface area contributed by atoms with Crippen LogP contribution in [0.5, 0.6) is 0 Å². The molecule has 3 nitrogen and oxygen atoms in total. The standard InChI is InChI=1S/C13H22N2OS/c1-3-13-9-15(4-5-17-13)8-12-6-11(7-14-2)10-16-12/h6,10,13-14H,3-5,7-9H2,1-2H3. The van der Waals surface area contributed by atoms with Crippen LogP contribution in [0.3, 0.4) is 0 Å². The number of rotatable bonds is 5. The fraction of sp³-hybridized carbons (Fsp3) is 0.692. The van der Waals surface area contributed by atoms with E-state index in [0.29, 0.717) is 0 Å². The summed E-state index contributed by atoms with van der Waals surface area (Å²) in [5, 5.41) is 3.94. The second kappa shape index (κ2) is 6.47. The van der Waals surface area contributed by atoms with Gasteiger partial charge in [0.2, 0.25) is 0 Å². The summed E-state index contributed by atoms with van der Waals surface area (Å²) in [5.74, 6) is 2.35. The molecule has 0 saturated carbocycles. The van der Waals surface area contributed by atoms with Gasteiger partial charge in [-0.3, -0.25) is 4.90 Å². The number of hydrogen-bond donors (Lipinski definition) is 1. The lowest BCUT2D eigenvalue weighted by molar-refractivity contribution is 0.250. The Morgan fingerprint density at radius 1 is 1.59 bits per heavy atom. The summed E-state index contributed by atoms with van der Waals surface area (Å²) >= 11 is 2.11. The minimum absolute atomic E-state index is 0.801. The largest absolute Gasteiger partial charge is 0.468 e. The summed E-state index contributed by atoms with van der Waals surface area (Å²) in [7, 11) is 1.96. The average molecular weight is 254 g/mol. The third-order valence-corrected chi connectivity index (χ3v) is 4.52. The van der Waals surface area contributed by atoms with Gasteiger partial charge in [-0.1, -0.05) is 6.92 Å². The first-order valence-electron chi connectivity index (χ1n) is 6.36. The number of hydrogen-bond acceptors (Lipinski definition) is 4. The Labute approximate surface area is 108 Å². The Morgan fingerprint density at radius 3 is 3.24 bits per heavy atom. The van der Waals surface area contributed by atoms with E-state index < -0.39 is 0 Å². The van der Waals surface area contributed by atoms with Gasteiger partial charge < -0.3 is 9.73 Å². The molecule has 1 unspecified atom stereocenters. The van der Waals surface area contributed by atoms with Crippen molar-refractivity contribution < 1.29 is 4.42 Å². The monoisotopic (exact) mass is 254 g/mol. The Morgan fingerprint density at radius 2 is 2.47 bits per heavy atom. The van der Waals surface area contributed by atoms with E-state index in [1.54, 1.807) is 0 Å². The fourth-order valence-electron chi connectivity index (χ4n) is 2.20. The third-order valence-electron chi connectivity index (χ3n) is 3.15. The van der Waals surface area contributed by atoms with Crippen molar-refractivity contribution in [3.8, 4) is 0 Å². The topological polar surface area (TPSA) is 28.4 Å². The van der Waals surface area contributed by atoms with Gasteiger partial charge in [0.15, 0.2) is 0 Å². The van der Waals surface area contributed by atoms with Gasteiger partial charge in [-0.25, -0.2) is 0 Å². The third kappa shape index (κ3) is 3.76. The Kier molecular flexibility index (Phi) is 4.95. The van der Waals surface area contributed by atoms with Gasteiger partial charge in [0, 0.05) is 36.2 Å². The molecular weight excluding hydrogens is 232 g/mol. The van der Waals surface area contributed by atoms with Crippen molar-refractivity contribution in [3.63, 3.8) is 0 Å². The molecule has 2 heterocycles. The van der Waals surface area contributed by atoms with Crippen LogP contribution in [0.25, 0.3) is 0 Å². The second-order valence-corrected chi connectivity index (χ2v) is 6.00. The van der Waals surface area contributed by atoms with E-state index in [2.05, 4.69) is 35.0 Å². The molecule has 0 aromatic carbocycles. The van der Waals surface area contributed by atoms with Crippen LogP contribution in [0.15, 0.2) is 16.7 Å². The second-order valence-electron chi connectivity index (χ2n) is 4.59. The maximum atomic E-state index is 5.60. The maximum Gasteiger partial charge on any atom is 0.118 e. The molecule has 1 aliphatic rings. The Hall–Kier alpha value is -0.450. The summed E-state index contributed by atoms with van der Waals surface area (Å²) in [6, 6.07) is 2.17. The van der Waals surface area contributed by atoms with Crippen LogP contribution < -0.4 is 5.32 Å². The van der Waals surface area contributed by atoms with Crippen LogP contribution >= 0.6 is 11.8 Å². The van der Waals surface area contributed by atoms with E-state index >= 15 is 0 Å². The molecule has 4 heteroatoms. The maximum absolute atomic E-state index is 5.60. The van der Waals surface area contributed by atoms with E-state index in [1.165, 1.54) is 30.8 Å². The predicted octanol–water partition coefficient (Wildman–Crippen LogP) is 2.33. The molecule has 0 radical (unpaired) electrons. The van der Waals surface area contributed by atoms with E-state index in [9.17, 15) is 0 Å². The predicted molar refractivity (Wildman–Crippen MR) is 73.3 cm³/mol. The van der Waals surface area contributed by atoms with Crippen molar-refractivity contribution >= 4 is 11.8 Å². The highest BCUT2D eigenvalue weighted by atomic mass is 32.2. The van der Waals surface area contributed by atoms with Crippen LogP contribution in [-0.4, -0.2) is 36.0 Å². The molecule has 0 spiro atoms. The minimum Gasteiger partial charge on any atom is -0.468 e. The number of nitrogens with one attached hydrogen (secondary N) is 1. The molecule has 1 aromatic heterocycles. The highest BCUT2D eigenvalue weighted by Crippen LogP contribution is 2.22. The number of nitrogens with zero attached hydrogens (tertiary/aromatic N) is 1. The highest BCUT2D eigenvalue weighted by Gasteiger charge is 2.19. The smallest absolute Gasteiger partial charge is 0.118 e. The first-order chi connectivity index (χ1) is 8.31. The zero-order valence-electron chi connectivity index (χ0n) is 10.7. The van der Waals surface area contributed by atoms with Crippen LogP contribution in [0.4, 0.5) is 0 Å². The van der Waals surface area contributed by atoms with Gasteiger partial charge in [-0.2, -0.15) is 11.8 Å². The molecule has 0 amide bonds. The van der Waals surface area contributed by atoms with Crippen molar-refractivity contribution in [1.82, 2.24) is 10.2 Å². The van der Waals surface area contributed by atoms with Crippen molar-refractivity contribution in [2.75, 3.05) is 25.9 Å². The van der Waals surface area contributed by atoms with Gasteiger partial charge in [-0.15, -0.1) is 0 Å². The first-order valence-corrected chi connectivity index (χ1v) is 7.41. The molecule has 1 N–H and O–H groups in total. The van der Waals surface area contributed by atoms with Gasteiger partial charge in [-0.05, 0) is 19.5 Å². The zero-order chi connectivity index (χ0) is 12.1. The van der Waals surface area contributed by atoms with Crippen molar-refractivity contribution in [2.24, 2.45) is 0 Å². The highest BCUT2D eigenvalue weighted by molar-refractivity contribution is 8.00. The van der Waals surface area contributed by atoms with Crippen LogP contribution in [0.1, 0.15) is 24.7 Å². The van der Waals surface area contributed by atoms with Crippen molar-refractivity contribution in [2.45, 2.75) is 31.7 Å². The molecule has 0 aliphatic carbocycles. The number of furan rings is 1.